The smallest absolute Gasteiger partial charge is 0.416 e. The van der Waals surface area contributed by atoms with Crippen molar-refractivity contribution in [2.24, 2.45) is 0 Å². The lowest BCUT2D eigenvalue weighted by Gasteiger charge is -2.30. The molecule has 6 heteroatoms. The predicted molar refractivity (Wildman–Crippen MR) is 118 cm³/mol. The van der Waals surface area contributed by atoms with E-state index in [1.807, 2.05) is 82.0 Å². The number of ether oxygens (including phenoxy) is 1. The van der Waals surface area contributed by atoms with Gasteiger partial charge in [0.15, 0.2) is 0 Å². The topological polar surface area (TPSA) is 62.7 Å². The van der Waals surface area contributed by atoms with Crippen molar-refractivity contribution in [1.82, 2.24) is 9.88 Å². The monoisotopic (exact) mass is 409 g/mol. The summed E-state index contributed by atoms with van der Waals surface area (Å²) in [7, 11) is 0. The van der Waals surface area contributed by atoms with Crippen molar-refractivity contribution in [1.29, 1.82) is 0 Å². The lowest BCUT2D eigenvalue weighted by atomic mass is 10.1. The van der Waals surface area contributed by atoms with Crippen LogP contribution in [0.25, 0.3) is 0 Å². The normalized spacial score (nSPS) is 16.6. The van der Waals surface area contributed by atoms with Crippen molar-refractivity contribution >= 4 is 17.8 Å². The van der Waals surface area contributed by atoms with Crippen LogP contribution in [0.4, 0.5) is 10.6 Å². The minimum absolute atomic E-state index is 0.00622. The maximum Gasteiger partial charge on any atom is 0.416 e. The third-order valence-corrected chi connectivity index (χ3v) is 5.04. The Bertz CT molecular complexity index is 873. The first-order valence-corrected chi connectivity index (χ1v) is 10.5. The van der Waals surface area contributed by atoms with Crippen LogP contribution in [0.15, 0.2) is 48.7 Å². The van der Waals surface area contributed by atoms with Gasteiger partial charge in [-0.25, -0.2) is 9.78 Å². The number of pyridine rings is 1. The number of carbonyl (C=O) groups is 2. The van der Waals surface area contributed by atoms with Crippen LogP contribution in [0.5, 0.6) is 0 Å². The number of benzene rings is 1. The second-order valence-electron chi connectivity index (χ2n) is 8.92. The minimum atomic E-state index is -0.577. The number of anilines is 1. The summed E-state index contributed by atoms with van der Waals surface area (Å²) in [6, 6.07) is 13.1. The molecule has 3 rings (SSSR count). The molecule has 1 aliphatic heterocycles. The first-order valence-electron chi connectivity index (χ1n) is 10.5. The molecule has 6 nitrogen and oxygen atoms in total. The van der Waals surface area contributed by atoms with Gasteiger partial charge in [-0.2, -0.15) is 0 Å². The molecular weight excluding hydrogens is 378 g/mol. The molecule has 1 saturated heterocycles. The molecule has 0 radical (unpaired) electrons. The minimum Gasteiger partial charge on any atom is -0.443 e. The average molecular weight is 410 g/mol. The van der Waals surface area contributed by atoms with Crippen molar-refractivity contribution in [3.63, 3.8) is 0 Å². The van der Waals surface area contributed by atoms with Crippen LogP contribution in [0.2, 0.25) is 0 Å². The Hall–Kier alpha value is -2.89. The predicted octanol–water partition coefficient (Wildman–Crippen LogP) is 5.21. The van der Waals surface area contributed by atoms with Crippen LogP contribution in [0, 0.1) is 0 Å². The number of amides is 2. The molecule has 1 fully saturated rings. The highest BCUT2D eigenvalue weighted by Gasteiger charge is 2.31. The Kier molecular flexibility index (Phi) is 6.44. The number of rotatable bonds is 4. The van der Waals surface area contributed by atoms with E-state index in [4.69, 9.17) is 4.74 Å². The molecular formula is C24H31N3O3. The lowest BCUT2D eigenvalue weighted by molar-refractivity contribution is 0.0569. The maximum absolute atomic E-state index is 13.0. The zero-order chi connectivity index (χ0) is 21.9. The summed E-state index contributed by atoms with van der Waals surface area (Å²) in [5.74, 6) is 0.585. The van der Waals surface area contributed by atoms with Crippen LogP contribution in [0.1, 0.15) is 69.4 Å². The first-order chi connectivity index (χ1) is 14.2. The van der Waals surface area contributed by atoms with E-state index >= 15 is 0 Å². The highest BCUT2D eigenvalue weighted by molar-refractivity contribution is 5.94. The number of hydrogen-bond donors (Lipinski definition) is 0. The third kappa shape index (κ3) is 4.99. The van der Waals surface area contributed by atoms with Gasteiger partial charge in [-0.1, -0.05) is 24.3 Å². The van der Waals surface area contributed by atoms with Gasteiger partial charge >= 0.3 is 6.09 Å². The maximum atomic E-state index is 13.0. The molecule has 1 aliphatic rings. The van der Waals surface area contributed by atoms with E-state index < -0.39 is 11.7 Å². The summed E-state index contributed by atoms with van der Waals surface area (Å²) in [6.45, 7) is 10.1. The van der Waals surface area contributed by atoms with E-state index in [-0.39, 0.29) is 18.0 Å². The van der Waals surface area contributed by atoms with Crippen LogP contribution in [-0.4, -0.2) is 40.1 Å². The molecule has 0 aliphatic carbocycles. The van der Waals surface area contributed by atoms with Gasteiger partial charge in [0.25, 0.3) is 5.91 Å². The van der Waals surface area contributed by atoms with Crippen molar-refractivity contribution in [2.75, 3.05) is 11.4 Å². The number of hydrogen-bond acceptors (Lipinski definition) is 4. The molecule has 160 valence electrons. The van der Waals surface area contributed by atoms with Crippen molar-refractivity contribution in [3.05, 3.63) is 59.8 Å². The number of nitrogens with zero attached hydrogens (tertiary/aromatic N) is 3. The fraction of sp³-hybridized carbons (Fsp3) is 0.458. The van der Waals surface area contributed by atoms with Gasteiger partial charge < -0.3 is 9.64 Å². The molecule has 30 heavy (non-hydrogen) atoms. The van der Waals surface area contributed by atoms with E-state index in [9.17, 15) is 9.59 Å². The highest BCUT2D eigenvalue weighted by atomic mass is 16.6. The fourth-order valence-electron chi connectivity index (χ4n) is 3.72. The summed E-state index contributed by atoms with van der Waals surface area (Å²) in [5, 5.41) is 0. The standard InChI is InChI=1S/C24H31N3O3/c1-17(2)27(23(29)30-24(3,4)5)21-14-13-19(16-25-21)20-12-9-15-26(20)22(28)18-10-7-6-8-11-18/h6-8,10-11,13-14,16-17,20H,9,12,15H2,1-5H3/t20-/m1/s1. The highest BCUT2D eigenvalue weighted by Crippen LogP contribution is 2.33. The van der Waals surface area contributed by atoms with Crippen LogP contribution < -0.4 is 4.90 Å². The zero-order valence-electron chi connectivity index (χ0n) is 18.5. The molecule has 2 heterocycles. The third-order valence-electron chi connectivity index (χ3n) is 5.04. The van der Waals surface area contributed by atoms with Gasteiger partial charge in [0.1, 0.15) is 11.4 Å². The van der Waals surface area contributed by atoms with Crippen molar-refractivity contribution < 1.29 is 14.3 Å². The molecule has 0 saturated carbocycles. The Labute approximate surface area is 178 Å². The summed E-state index contributed by atoms with van der Waals surface area (Å²) in [6.07, 6.45) is 3.22. The van der Waals surface area contributed by atoms with E-state index in [1.54, 1.807) is 11.1 Å². The number of likely N-dealkylation sites (tertiary alicyclic amines) is 1. The van der Waals surface area contributed by atoms with Gasteiger partial charge in [-0.05, 0) is 71.2 Å². The molecule has 0 unspecified atom stereocenters. The Balaban J connectivity index is 1.80. The Morgan fingerprint density at radius 3 is 2.40 bits per heavy atom. The van der Waals surface area contributed by atoms with Gasteiger partial charge in [-0.15, -0.1) is 0 Å². The first kappa shape index (κ1) is 21.8. The zero-order valence-corrected chi connectivity index (χ0v) is 18.5. The Morgan fingerprint density at radius 2 is 1.83 bits per heavy atom. The van der Waals surface area contributed by atoms with E-state index in [0.29, 0.717) is 11.4 Å². The van der Waals surface area contributed by atoms with Gasteiger partial charge in [0.05, 0.1) is 6.04 Å². The van der Waals surface area contributed by atoms with Gasteiger partial charge in [0.2, 0.25) is 0 Å². The van der Waals surface area contributed by atoms with Gasteiger partial charge in [-0.3, -0.25) is 9.69 Å². The van der Waals surface area contributed by atoms with E-state index in [1.165, 1.54) is 0 Å². The van der Waals surface area contributed by atoms with Crippen molar-refractivity contribution in [3.8, 4) is 0 Å². The summed E-state index contributed by atoms with van der Waals surface area (Å²) < 4.78 is 5.54. The quantitative estimate of drug-likeness (QED) is 0.695. The molecule has 1 aromatic carbocycles. The van der Waals surface area contributed by atoms with Crippen LogP contribution in [0.3, 0.4) is 0 Å². The fourth-order valence-corrected chi connectivity index (χ4v) is 3.72. The molecule has 0 bridgehead atoms. The number of carbonyl (C=O) groups excluding carboxylic acids is 2. The lowest BCUT2D eigenvalue weighted by Crippen LogP contribution is -2.41. The molecule has 2 aromatic rings. The van der Waals surface area contributed by atoms with E-state index in [2.05, 4.69) is 4.98 Å². The van der Waals surface area contributed by atoms with E-state index in [0.717, 1.165) is 24.9 Å². The average Bonchev–Trinajstić information content (AvgIpc) is 3.17. The molecule has 0 N–H and O–H groups in total. The summed E-state index contributed by atoms with van der Waals surface area (Å²) in [5.41, 5.74) is 1.10. The largest absolute Gasteiger partial charge is 0.443 e. The molecule has 1 atom stereocenters. The SMILES string of the molecule is CC(C)N(C(=O)OC(C)(C)C)c1ccc([C@H]2CCCN2C(=O)c2ccccc2)cn1. The van der Waals surface area contributed by atoms with Crippen molar-refractivity contribution in [2.45, 2.75) is 65.1 Å². The van der Waals surface area contributed by atoms with Crippen LogP contribution >= 0.6 is 0 Å². The van der Waals surface area contributed by atoms with Gasteiger partial charge in [0, 0.05) is 24.3 Å². The number of aromatic nitrogens is 1. The Morgan fingerprint density at radius 1 is 1.13 bits per heavy atom. The second kappa shape index (κ2) is 8.86. The molecule has 1 aromatic heterocycles. The van der Waals surface area contributed by atoms with Crippen LogP contribution in [-0.2, 0) is 4.74 Å². The molecule has 2 amide bonds. The molecule has 0 spiro atoms. The second-order valence-corrected chi connectivity index (χ2v) is 8.92. The summed E-state index contributed by atoms with van der Waals surface area (Å²) in [4.78, 5) is 33.6. The summed E-state index contributed by atoms with van der Waals surface area (Å²) >= 11 is 0.